The number of likely N-dealkylation sites (N-methyl/N-ethyl adjacent to an activating group) is 1. The Labute approximate surface area is 145 Å². The average Bonchev–Trinajstić information content (AvgIpc) is 2.53. The molecule has 23 heavy (non-hydrogen) atoms. The fraction of sp³-hybridized carbons (Fsp3) is 1.00. The van der Waals surface area contributed by atoms with Crippen LogP contribution in [-0.2, 0) is 0 Å². The van der Waals surface area contributed by atoms with Crippen molar-refractivity contribution in [3.63, 3.8) is 0 Å². The van der Waals surface area contributed by atoms with Gasteiger partial charge in [0.1, 0.15) is 0 Å². The molecular weight excluding hydrogens is 282 g/mol. The maximum atomic E-state index is 2.79. The molecule has 3 nitrogen and oxygen atoms in total. The van der Waals surface area contributed by atoms with Crippen molar-refractivity contribution in [2.45, 2.75) is 66.0 Å². The minimum Gasteiger partial charge on any atom is -0.304 e. The molecule has 0 spiro atoms. The van der Waals surface area contributed by atoms with Gasteiger partial charge in [0.2, 0.25) is 0 Å². The summed E-state index contributed by atoms with van der Waals surface area (Å²) < 4.78 is 0. The summed E-state index contributed by atoms with van der Waals surface area (Å²) >= 11 is 0. The van der Waals surface area contributed by atoms with Crippen LogP contribution in [0.1, 0.15) is 53.9 Å². The molecule has 3 heteroatoms. The zero-order chi connectivity index (χ0) is 17.0. The highest BCUT2D eigenvalue weighted by Crippen LogP contribution is 2.28. The number of hydrogen-bond acceptors (Lipinski definition) is 3. The molecule has 0 bridgehead atoms. The van der Waals surface area contributed by atoms with Gasteiger partial charge in [-0.2, -0.15) is 0 Å². The van der Waals surface area contributed by atoms with Crippen LogP contribution in [0.4, 0.5) is 0 Å². The lowest BCUT2D eigenvalue weighted by Gasteiger charge is -2.44. The summed E-state index contributed by atoms with van der Waals surface area (Å²) in [4.78, 5) is 8.02. The Balaban J connectivity index is 1.91. The smallest absolute Gasteiger partial charge is 0.0122 e. The van der Waals surface area contributed by atoms with E-state index in [1.807, 2.05) is 0 Å². The largest absolute Gasteiger partial charge is 0.304 e. The van der Waals surface area contributed by atoms with Crippen LogP contribution in [-0.4, -0.2) is 73.1 Å². The summed E-state index contributed by atoms with van der Waals surface area (Å²) in [6, 6.07) is 1.52. The molecule has 2 fully saturated rings. The second-order valence-corrected chi connectivity index (χ2v) is 8.87. The van der Waals surface area contributed by atoms with Crippen LogP contribution in [0.3, 0.4) is 0 Å². The lowest BCUT2D eigenvalue weighted by Crippen LogP contribution is -2.52. The molecule has 2 saturated heterocycles. The zero-order valence-electron chi connectivity index (χ0n) is 16.6. The zero-order valence-corrected chi connectivity index (χ0v) is 16.6. The first-order valence-electron chi connectivity index (χ1n) is 10.0. The highest BCUT2D eigenvalue weighted by atomic mass is 15.3. The van der Waals surface area contributed by atoms with Crippen LogP contribution in [0, 0.1) is 17.8 Å². The third kappa shape index (κ3) is 5.44. The van der Waals surface area contributed by atoms with Crippen molar-refractivity contribution < 1.29 is 0 Å². The van der Waals surface area contributed by atoms with Crippen molar-refractivity contribution in [2.24, 2.45) is 17.8 Å². The summed E-state index contributed by atoms with van der Waals surface area (Å²) in [6.45, 7) is 19.7. The monoisotopic (exact) mass is 323 g/mol. The van der Waals surface area contributed by atoms with E-state index in [1.165, 1.54) is 58.5 Å². The fourth-order valence-corrected chi connectivity index (χ4v) is 4.42. The Morgan fingerprint density at radius 2 is 1.48 bits per heavy atom. The van der Waals surface area contributed by atoms with Crippen molar-refractivity contribution in [1.29, 1.82) is 0 Å². The minimum absolute atomic E-state index is 0.735. The maximum Gasteiger partial charge on any atom is 0.0122 e. The number of rotatable bonds is 6. The van der Waals surface area contributed by atoms with E-state index in [0.29, 0.717) is 0 Å². The molecule has 0 radical (unpaired) electrons. The summed E-state index contributed by atoms with van der Waals surface area (Å²) in [5, 5.41) is 0. The Morgan fingerprint density at radius 1 is 0.826 bits per heavy atom. The van der Waals surface area contributed by atoms with Crippen molar-refractivity contribution >= 4 is 0 Å². The number of nitrogens with zero attached hydrogens (tertiary/aromatic N) is 3. The summed E-state index contributed by atoms with van der Waals surface area (Å²) in [7, 11) is 2.26. The van der Waals surface area contributed by atoms with Crippen molar-refractivity contribution in [1.82, 2.24) is 14.7 Å². The molecule has 2 rings (SSSR count). The van der Waals surface area contributed by atoms with Gasteiger partial charge in [-0.15, -0.1) is 0 Å². The molecule has 2 aliphatic rings. The maximum absolute atomic E-state index is 2.79. The lowest BCUT2D eigenvalue weighted by atomic mass is 9.85. The van der Waals surface area contributed by atoms with E-state index < -0.39 is 0 Å². The summed E-state index contributed by atoms with van der Waals surface area (Å²) in [6.07, 6.45) is 4.25. The number of likely N-dealkylation sites (tertiary alicyclic amines) is 1. The van der Waals surface area contributed by atoms with Gasteiger partial charge in [-0.3, -0.25) is 4.90 Å². The number of piperazine rings is 1. The first-order chi connectivity index (χ1) is 10.9. The second-order valence-electron chi connectivity index (χ2n) is 8.87. The molecule has 0 aromatic rings. The van der Waals surface area contributed by atoms with Crippen molar-refractivity contribution in [3.8, 4) is 0 Å². The van der Waals surface area contributed by atoms with Crippen molar-refractivity contribution in [2.75, 3.05) is 46.3 Å². The Hall–Kier alpha value is -0.120. The van der Waals surface area contributed by atoms with Gasteiger partial charge >= 0.3 is 0 Å². The van der Waals surface area contributed by atoms with E-state index >= 15 is 0 Å². The Bertz CT molecular complexity index is 334. The van der Waals surface area contributed by atoms with Gasteiger partial charge in [0.05, 0.1) is 0 Å². The van der Waals surface area contributed by atoms with Crippen LogP contribution >= 0.6 is 0 Å². The molecule has 2 heterocycles. The Kier molecular flexibility index (Phi) is 7.37. The van der Waals surface area contributed by atoms with Gasteiger partial charge in [0, 0.05) is 44.8 Å². The van der Waals surface area contributed by atoms with Gasteiger partial charge in [-0.1, -0.05) is 27.7 Å². The molecule has 0 amide bonds. The van der Waals surface area contributed by atoms with Crippen LogP contribution in [0.15, 0.2) is 0 Å². The van der Waals surface area contributed by atoms with E-state index in [2.05, 4.69) is 56.4 Å². The first kappa shape index (κ1) is 19.2. The average molecular weight is 324 g/mol. The van der Waals surface area contributed by atoms with Gasteiger partial charge in [-0.05, 0) is 57.5 Å². The summed E-state index contributed by atoms with van der Waals surface area (Å²) in [5.74, 6) is 2.44. The quantitative estimate of drug-likeness (QED) is 0.742. The second kappa shape index (κ2) is 8.82. The molecule has 0 aliphatic carbocycles. The molecule has 3 unspecified atom stereocenters. The summed E-state index contributed by atoms with van der Waals surface area (Å²) in [5.41, 5.74) is 0. The van der Waals surface area contributed by atoms with E-state index in [-0.39, 0.29) is 0 Å². The van der Waals surface area contributed by atoms with E-state index in [1.54, 1.807) is 0 Å². The highest BCUT2D eigenvalue weighted by Gasteiger charge is 2.31. The highest BCUT2D eigenvalue weighted by molar-refractivity contribution is 4.85. The molecule has 136 valence electrons. The molecule has 0 N–H and O–H groups in total. The molecule has 0 aromatic heterocycles. The normalized spacial score (nSPS) is 28.4. The van der Waals surface area contributed by atoms with Crippen LogP contribution in [0.2, 0.25) is 0 Å². The standard InChI is InChI=1S/C20H41N3/c1-16(2)18(5)23-9-7-8-19(15-23)14-20(17(3)4)22-12-10-21(6)11-13-22/h16-20H,7-15H2,1-6H3. The number of hydrogen-bond donors (Lipinski definition) is 0. The van der Waals surface area contributed by atoms with Crippen molar-refractivity contribution in [3.05, 3.63) is 0 Å². The van der Waals surface area contributed by atoms with E-state index in [0.717, 1.165) is 29.8 Å². The van der Waals surface area contributed by atoms with Gasteiger partial charge in [0.25, 0.3) is 0 Å². The van der Waals surface area contributed by atoms with Gasteiger partial charge < -0.3 is 9.80 Å². The number of piperidine rings is 1. The molecule has 2 aliphatic heterocycles. The molecule has 0 saturated carbocycles. The lowest BCUT2D eigenvalue weighted by molar-refractivity contribution is 0.0489. The Morgan fingerprint density at radius 3 is 2.04 bits per heavy atom. The predicted molar refractivity (Wildman–Crippen MR) is 101 cm³/mol. The van der Waals surface area contributed by atoms with E-state index in [4.69, 9.17) is 0 Å². The van der Waals surface area contributed by atoms with Crippen LogP contribution in [0.25, 0.3) is 0 Å². The SMILES string of the molecule is CC(C)C(C)N1CCCC(CC(C(C)C)N2CCN(C)CC2)C1. The molecule has 3 atom stereocenters. The topological polar surface area (TPSA) is 9.72 Å². The van der Waals surface area contributed by atoms with E-state index in [9.17, 15) is 0 Å². The fourth-order valence-electron chi connectivity index (χ4n) is 4.42. The van der Waals surface area contributed by atoms with Crippen LogP contribution < -0.4 is 0 Å². The predicted octanol–water partition coefficient (Wildman–Crippen LogP) is 3.41. The third-order valence-corrected chi connectivity index (χ3v) is 6.44. The van der Waals surface area contributed by atoms with Gasteiger partial charge in [-0.25, -0.2) is 0 Å². The first-order valence-corrected chi connectivity index (χ1v) is 10.0. The van der Waals surface area contributed by atoms with Crippen LogP contribution in [0.5, 0.6) is 0 Å². The molecular formula is C20H41N3. The minimum atomic E-state index is 0.735. The van der Waals surface area contributed by atoms with Gasteiger partial charge in [0.15, 0.2) is 0 Å². The molecule has 0 aromatic carbocycles. The third-order valence-electron chi connectivity index (χ3n) is 6.44.